The molecule has 31 heavy (non-hydrogen) atoms. The van der Waals surface area contributed by atoms with Crippen LogP contribution in [-0.4, -0.2) is 54.2 Å². The van der Waals surface area contributed by atoms with E-state index in [0.717, 1.165) is 31.6 Å². The van der Waals surface area contributed by atoms with Gasteiger partial charge in [-0.25, -0.2) is 0 Å². The summed E-state index contributed by atoms with van der Waals surface area (Å²) < 4.78 is 12.4. The minimum atomic E-state index is -0.583. The lowest BCUT2D eigenvalue weighted by Crippen LogP contribution is -2.39. The lowest BCUT2D eigenvalue weighted by Gasteiger charge is -2.31. The van der Waals surface area contributed by atoms with Gasteiger partial charge in [-0.1, -0.05) is 12.8 Å². The van der Waals surface area contributed by atoms with Gasteiger partial charge in [0.05, 0.1) is 31.3 Å². The van der Waals surface area contributed by atoms with E-state index in [1.165, 1.54) is 39.2 Å². The van der Waals surface area contributed by atoms with Gasteiger partial charge in [0.25, 0.3) is 11.6 Å². The maximum atomic E-state index is 13.0. The Kier molecular flexibility index (Phi) is 7.51. The summed E-state index contributed by atoms with van der Waals surface area (Å²) in [6, 6.07) is 6.61. The maximum absolute atomic E-state index is 13.0. The van der Waals surface area contributed by atoms with Crippen molar-refractivity contribution in [2.75, 3.05) is 33.9 Å². The van der Waals surface area contributed by atoms with Crippen molar-refractivity contribution in [1.82, 2.24) is 14.8 Å². The number of amides is 1. The Labute approximate surface area is 182 Å². The fourth-order valence-corrected chi connectivity index (χ4v) is 4.13. The van der Waals surface area contributed by atoms with Crippen molar-refractivity contribution in [3.8, 4) is 11.5 Å². The van der Waals surface area contributed by atoms with Crippen LogP contribution >= 0.6 is 0 Å². The normalized spacial score (nSPS) is 15.7. The number of nitrogens with one attached hydrogen (secondary N) is 1. The third-order valence-corrected chi connectivity index (χ3v) is 5.81. The molecule has 0 spiro atoms. The van der Waals surface area contributed by atoms with Crippen molar-refractivity contribution in [2.24, 2.45) is 7.05 Å². The van der Waals surface area contributed by atoms with E-state index < -0.39 is 10.8 Å². The molecule has 1 aliphatic heterocycles. The Morgan fingerprint density at radius 1 is 1.16 bits per heavy atom. The Bertz CT molecular complexity index is 919. The highest BCUT2D eigenvalue weighted by Crippen LogP contribution is 2.34. The van der Waals surface area contributed by atoms with Gasteiger partial charge in [0.1, 0.15) is 5.56 Å². The number of nitrogens with zero attached hydrogens (tertiary/aromatic N) is 3. The lowest BCUT2D eigenvalue weighted by molar-refractivity contribution is -0.385. The predicted molar refractivity (Wildman–Crippen MR) is 117 cm³/mol. The van der Waals surface area contributed by atoms with Crippen molar-refractivity contribution >= 4 is 11.6 Å². The number of rotatable bonds is 8. The topological polar surface area (TPSA) is 98.9 Å². The van der Waals surface area contributed by atoms with Gasteiger partial charge in [-0.05, 0) is 38.1 Å². The summed E-state index contributed by atoms with van der Waals surface area (Å²) in [5.74, 6) is -0.0385. The number of ether oxygens (including phenoxy) is 2. The molecular formula is C22H30N4O5. The minimum absolute atomic E-state index is 0.0127. The number of nitro benzene ring substituents is 1. The summed E-state index contributed by atoms with van der Waals surface area (Å²) in [5, 5.41) is 14.5. The molecule has 1 N–H and O–H groups in total. The monoisotopic (exact) mass is 430 g/mol. The number of carbonyl (C=O) groups excluding carboxylic acids is 1. The Hall–Kier alpha value is -3.07. The number of methoxy groups -OCH3 is 2. The van der Waals surface area contributed by atoms with Crippen LogP contribution in [0.1, 0.15) is 47.8 Å². The van der Waals surface area contributed by atoms with Crippen LogP contribution in [0, 0.1) is 10.1 Å². The average Bonchev–Trinajstić information content (AvgIpc) is 3.01. The fraction of sp³-hybridized carbons (Fsp3) is 0.500. The molecule has 3 rings (SSSR count). The largest absolute Gasteiger partial charge is 0.493 e. The number of carbonyl (C=O) groups is 1. The second kappa shape index (κ2) is 10.3. The van der Waals surface area contributed by atoms with Crippen LogP contribution in [0.4, 0.5) is 5.69 Å². The van der Waals surface area contributed by atoms with Crippen molar-refractivity contribution in [3.05, 3.63) is 51.8 Å². The second-order valence-electron chi connectivity index (χ2n) is 7.70. The third-order valence-electron chi connectivity index (χ3n) is 5.81. The van der Waals surface area contributed by atoms with E-state index in [1.54, 1.807) is 0 Å². The zero-order valence-corrected chi connectivity index (χ0v) is 18.3. The van der Waals surface area contributed by atoms with E-state index in [-0.39, 0.29) is 28.8 Å². The first kappa shape index (κ1) is 22.6. The van der Waals surface area contributed by atoms with Gasteiger partial charge in [-0.2, -0.15) is 0 Å². The van der Waals surface area contributed by atoms with Gasteiger partial charge in [0, 0.05) is 31.5 Å². The zero-order valence-electron chi connectivity index (χ0n) is 18.3. The van der Waals surface area contributed by atoms with Gasteiger partial charge in [-0.3, -0.25) is 19.8 Å². The molecule has 0 saturated carbocycles. The Morgan fingerprint density at radius 3 is 2.35 bits per heavy atom. The number of hydrogen-bond acceptors (Lipinski definition) is 6. The van der Waals surface area contributed by atoms with Crippen molar-refractivity contribution in [1.29, 1.82) is 0 Å². The summed E-state index contributed by atoms with van der Waals surface area (Å²) >= 11 is 0. The summed E-state index contributed by atoms with van der Waals surface area (Å²) in [4.78, 5) is 26.4. The highest BCUT2D eigenvalue weighted by molar-refractivity contribution is 5.99. The van der Waals surface area contributed by atoms with Crippen LogP contribution < -0.4 is 14.8 Å². The van der Waals surface area contributed by atoms with Crippen molar-refractivity contribution in [2.45, 2.75) is 31.7 Å². The van der Waals surface area contributed by atoms with Crippen LogP contribution in [0.3, 0.4) is 0 Å². The molecule has 9 nitrogen and oxygen atoms in total. The first-order valence-corrected chi connectivity index (χ1v) is 10.5. The molecule has 1 unspecified atom stereocenters. The Balaban J connectivity index is 1.85. The predicted octanol–water partition coefficient (Wildman–Crippen LogP) is 3.30. The molecule has 168 valence electrons. The lowest BCUT2D eigenvalue weighted by atomic mass is 10.1. The van der Waals surface area contributed by atoms with Gasteiger partial charge in [0.15, 0.2) is 11.5 Å². The van der Waals surface area contributed by atoms with E-state index in [1.807, 2.05) is 19.3 Å². The van der Waals surface area contributed by atoms with Crippen LogP contribution in [0.5, 0.6) is 11.5 Å². The molecular weight excluding hydrogens is 400 g/mol. The SMILES string of the molecule is COc1cc(C(=O)NCC(c2cccn2C)N2CCCCCC2)c([N+](=O)[O-])cc1OC. The molecule has 1 fully saturated rings. The van der Waals surface area contributed by atoms with Crippen LogP contribution in [0.15, 0.2) is 30.5 Å². The molecule has 1 aromatic heterocycles. The average molecular weight is 431 g/mol. The second-order valence-corrected chi connectivity index (χ2v) is 7.70. The fourth-order valence-electron chi connectivity index (χ4n) is 4.13. The molecule has 2 heterocycles. The molecule has 1 aromatic carbocycles. The van der Waals surface area contributed by atoms with Crippen LogP contribution in [-0.2, 0) is 7.05 Å². The standard InChI is InChI=1S/C22H30N4O5/c1-24-10-8-9-17(24)19(25-11-6-4-5-7-12-25)15-23-22(27)16-13-20(30-2)21(31-3)14-18(16)26(28)29/h8-10,13-14,19H,4-7,11-12,15H2,1-3H3,(H,23,27). The highest BCUT2D eigenvalue weighted by Gasteiger charge is 2.27. The van der Waals surface area contributed by atoms with Gasteiger partial charge < -0.3 is 19.4 Å². The number of aromatic nitrogens is 1. The molecule has 1 aliphatic rings. The van der Waals surface area contributed by atoms with Crippen LogP contribution in [0.2, 0.25) is 0 Å². The first-order valence-electron chi connectivity index (χ1n) is 10.5. The third kappa shape index (κ3) is 5.16. The molecule has 1 saturated heterocycles. The molecule has 0 aliphatic carbocycles. The van der Waals surface area contributed by atoms with Crippen molar-refractivity contribution in [3.63, 3.8) is 0 Å². The van der Waals surface area contributed by atoms with Gasteiger partial charge >= 0.3 is 0 Å². The molecule has 2 aromatic rings. The zero-order chi connectivity index (χ0) is 22.4. The molecule has 9 heteroatoms. The van der Waals surface area contributed by atoms with Gasteiger partial charge in [-0.15, -0.1) is 0 Å². The molecule has 0 radical (unpaired) electrons. The van der Waals surface area contributed by atoms with E-state index >= 15 is 0 Å². The smallest absolute Gasteiger partial charge is 0.286 e. The van der Waals surface area contributed by atoms with E-state index in [2.05, 4.69) is 20.9 Å². The number of likely N-dealkylation sites (tertiary alicyclic amines) is 1. The van der Waals surface area contributed by atoms with E-state index in [4.69, 9.17) is 9.47 Å². The molecule has 1 atom stereocenters. The summed E-state index contributed by atoms with van der Waals surface area (Å²) in [7, 11) is 4.81. The number of hydrogen-bond donors (Lipinski definition) is 1. The maximum Gasteiger partial charge on any atom is 0.286 e. The quantitative estimate of drug-likeness (QED) is 0.510. The number of nitro groups is 1. The van der Waals surface area contributed by atoms with Gasteiger partial charge in [0.2, 0.25) is 0 Å². The number of aryl methyl sites for hydroxylation is 1. The summed E-state index contributed by atoms with van der Waals surface area (Å²) in [5.41, 5.74) is 0.730. The summed E-state index contributed by atoms with van der Waals surface area (Å²) in [6.07, 6.45) is 6.65. The minimum Gasteiger partial charge on any atom is -0.493 e. The molecule has 1 amide bonds. The molecule has 0 bridgehead atoms. The van der Waals surface area contributed by atoms with E-state index in [0.29, 0.717) is 6.54 Å². The van der Waals surface area contributed by atoms with Crippen LogP contribution in [0.25, 0.3) is 0 Å². The highest BCUT2D eigenvalue weighted by atomic mass is 16.6. The summed E-state index contributed by atoms with van der Waals surface area (Å²) in [6.45, 7) is 2.27. The van der Waals surface area contributed by atoms with E-state index in [9.17, 15) is 14.9 Å². The Morgan fingerprint density at radius 2 is 1.81 bits per heavy atom. The first-order chi connectivity index (χ1) is 15.0. The van der Waals surface area contributed by atoms with Crippen molar-refractivity contribution < 1.29 is 19.2 Å². The number of benzene rings is 1.